The van der Waals surface area contributed by atoms with Gasteiger partial charge in [-0.05, 0) is 80.6 Å². The molecule has 1 aliphatic rings. The second-order valence-electron chi connectivity index (χ2n) is 11.3. The molecule has 204 valence electrons. The predicted molar refractivity (Wildman–Crippen MR) is 153 cm³/mol. The van der Waals surface area contributed by atoms with Crippen molar-refractivity contribution in [2.24, 2.45) is 0 Å². The maximum Gasteiger partial charge on any atom is 0.295 e. The number of hydrogen-bond donors (Lipinski definition) is 1. The Labute approximate surface area is 230 Å². The van der Waals surface area contributed by atoms with Gasteiger partial charge in [0.15, 0.2) is 0 Å². The number of likely N-dealkylation sites (tertiary alicyclic amines) is 1. The highest BCUT2D eigenvalue weighted by molar-refractivity contribution is 6.46. The zero-order chi connectivity index (χ0) is 28.5. The number of carbonyl (C=O) groups excluding carboxylic acids is 2. The average Bonchev–Trinajstić information content (AvgIpc) is 3.13. The van der Waals surface area contributed by atoms with Crippen LogP contribution in [0.3, 0.4) is 0 Å². The topological polar surface area (TPSA) is 76.1 Å². The number of nitrogens with zero attached hydrogens (tertiary/aromatic N) is 1. The summed E-state index contributed by atoms with van der Waals surface area (Å²) in [7, 11) is 1.60. The third kappa shape index (κ3) is 6.00. The number of rotatable bonds is 7. The molecule has 0 radical (unpaired) electrons. The lowest BCUT2D eigenvalue weighted by Gasteiger charge is -2.26. The molecule has 1 amide bonds. The van der Waals surface area contributed by atoms with Crippen LogP contribution < -0.4 is 9.47 Å². The summed E-state index contributed by atoms with van der Waals surface area (Å²) in [6.07, 6.45) is 0. The Morgan fingerprint density at radius 3 is 2.28 bits per heavy atom. The molecule has 1 aliphatic heterocycles. The van der Waals surface area contributed by atoms with Crippen molar-refractivity contribution in [2.75, 3.05) is 7.11 Å². The van der Waals surface area contributed by atoms with Crippen LogP contribution in [0, 0.1) is 6.92 Å². The minimum Gasteiger partial charge on any atom is -0.507 e. The number of ketones is 1. The fourth-order valence-corrected chi connectivity index (χ4v) is 4.93. The van der Waals surface area contributed by atoms with E-state index >= 15 is 0 Å². The fraction of sp³-hybridized carbons (Fsp3) is 0.333. The maximum absolute atomic E-state index is 13.5. The molecular weight excluding hydrogens is 490 g/mol. The van der Waals surface area contributed by atoms with Crippen LogP contribution in [0.1, 0.15) is 74.4 Å². The van der Waals surface area contributed by atoms with E-state index in [0.29, 0.717) is 11.3 Å². The van der Waals surface area contributed by atoms with Crippen LogP contribution in [0.25, 0.3) is 5.76 Å². The zero-order valence-electron chi connectivity index (χ0n) is 23.7. The first-order chi connectivity index (χ1) is 18.4. The minimum atomic E-state index is -0.736. The van der Waals surface area contributed by atoms with E-state index < -0.39 is 17.7 Å². The second kappa shape index (κ2) is 11.0. The Balaban J connectivity index is 1.80. The highest BCUT2D eigenvalue weighted by Gasteiger charge is 2.46. The number of aliphatic hydroxyl groups excluding tert-OH is 1. The number of aryl methyl sites for hydroxylation is 1. The molecule has 39 heavy (non-hydrogen) atoms. The van der Waals surface area contributed by atoms with Gasteiger partial charge in [0.1, 0.15) is 22.9 Å². The molecule has 1 saturated heterocycles. The number of methoxy groups -OCH3 is 1. The molecule has 4 rings (SSSR count). The van der Waals surface area contributed by atoms with Crippen LogP contribution in [0.5, 0.6) is 11.5 Å². The normalized spacial score (nSPS) is 17.1. The average molecular weight is 528 g/mol. The summed E-state index contributed by atoms with van der Waals surface area (Å²) in [5.41, 5.74) is 3.73. The van der Waals surface area contributed by atoms with Crippen molar-refractivity contribution in [1.29, 1.82) is 0 Å². The van der Waals surface area contributed by atoms with Crippen molar-refractivity contribution < 1.29 is 24.2 Å². The van der Waals surface area contributed by atoms with Gasteiger partial charge < -0.3 is 19.5 Å². The van der Waals surface area contributed by atoms with Gasteiger partial charge in [-0.25, -0.2) is 0 Å². The summed E-state index contributed by atoms with van der Waals surface area (Å²) < 4.78 is 11.4. The molecule has 6 heteroatoms. The Morgan fingerprint density at radius 1 is 1.00 bits per heavy atom. The molecule has 0 saturated carbocycles. The molecule has 1 fully saturated rings. The van der Waals surface area contributed by atoms with Crippen LogP contribution in [0.4, 0.5) is 0 Å². The third-order valence-electron chi connectivity index (χ3n) is 6.72. The van der Waals surface area contributed by atoms with Crippen LogP contribution >= 0.6 is 0 Å². The van der Waals surface area contributed by atoms with E-state index in [9.17, 15) is 14.7 Å². The van der Waals surface area contributed by atoms with Gasteiger partial charge in [-0.15, -0.1) is 0 Å². The van der Waals surface area contributed by atoms with E-state index in [1.807, 2.05) is 96.1 Å². The summed E-state index contributed by atoms with van der Waals surface area (Å²) in [6.45, 7) is 12.2. The number of amides is 1. The van der Waals surface area contributed by atoms with Crippen molar-refractivity contribution in [2.45, 2.75) is 65.6 Å². The number of ether oxygens (including phenoxy) is 2. The van der Waals surface area contributed by atoms with E-state index in [0.717, 1.165) is 28.0 Å². The summed E-state index contributed by atoms with van der Waals surface area (Å²) >= 11 is 0. The van der Waals surface area contributed by atoms with Gasteiger partial charge in [-0.3, -0.25) is 9.59 Å². The van der Waals surface area contributed by atoms with E-state index in [1.54, 1.807) is 19.2 Å². The highest BCUT2D eigenvalue weighted by atomic mass is 16.5. The Morgan fingerprint density at radius 2 is 1.69 bits per heavy atom. The molecule has 1 atom stereocenters. The van der Waals surface area contributed by atoms with Gasteiger partial charge in [-0.1, -0.05) is 55.8 Å². The number of hydrogen-bond acceptors (Lipinski definition) is 5. The SMILES string of the molecule is COc1ccc(/C(O)=C2/C(=O)C(=O)N(Cc3ccc(OC(C)(C)C)cc3)C2c2cccc(C)c2)cc1C(C)C. The predicted octanol–water partition coefficient (Wildman–Crippen LogP) is 6.93. The van der Waals surface area contributed by atoms with Gasteiger partial charge in [0.2, 0.25) is 0 Å². The third-order valence-corrected chi connectivity index (χ3v) is 6.72. The van der Waals surface area contributed by atoms with Gasteiger partial charge in [-0.2, -0.15) is 0 Å². The molecular formula is C33H37NO5. The summed E-state index contributed by atoms with van der Waals surface area (Å²) in [5, 5.41) is 11.5. The molecule has 0 aliphatic carbocycles. The van der Waals surface area contributed by atoms with Crippen molar-refractivity contribution in [3.63, 3.8) is 0 Å². The van der Waals surface area contributed by atoms with Gasteiger partial charge in [0.25, 0.3) is 11.7 Å². The van der Waals surface area contributed by atoms with Gasteiger partial charge in [0.05, 0.1) is 18.7 Å². The quantitative estimate of drug-likeness (QED) is 0.205. The largest absolute Gasteiger partial charge is 0.507 e. The zero-order valence-corrected chi connectivity index (χ0v) is 23.7. The number of carbonyl (C=O) groups is 2. The fourth-order valence-electron chi connectivity index (χ4n) is 4.93. The van der Waals surface area contributed by atoms with E-state index in [1.165, 1.54) is 4.90 Å². The molecule has 0 aromatic heterocycles. The Hall–Kier alpha value is -4.06. The van der Waals surface area contributed by atoms with E-state index in [2.05, 4.69) is 0 Å². The standard InChI is InChI=1S/C33H37NO5/c1-20(2)26-18-24(13-16-27(26)38-7)30(35)28-29(23-10-8-9-21(3)17-23)34(32(37)31(28)36)19-22-11-14-25(15-12-22)39-33(4,5)6/h8-18,20,29,35H,19H2,1-7H3/b30-28-. The van der Waals surface area contributed by atoms with Crippen LogP contribution in [-0.2, 0) is 16.1 Å². The number of aliphatic hydroxyl groups is 1. The number of Topliss-reactive ketones (excluding diaryl/α,β-unsaturated/α-hetero) is 1. The molecule has 1 heterocycles. The lowest BCUT2D eigenvalue weighted by Crippen LogP contribution is -2.29. The molecule has 3 aromatic rings. The monoisotopic (exact) mass is 527 g/mol. The molecule has 0 bridgehead atoms. The van der Waals surface area contributed by atoms with Crippen molar-refractivity contribution in [3.05, 3.63) is 100 Å². The summed E-state index contributed by atoms with van der Waals surface area (Å²) in [4.78, 5) is 28.5. The lowest BCUT2D eigenvalue weighted by molar-refractivity contribution is -0.140. The van der Waals surface area contributed by atoms with E-state index in [-0.39, 0.29) is 29.4 Å². The molecule has 1 N–H and O–H groups in total. The van der Waals surface area contributed by atoms with Crippen LogP contribution in [0.15, 0.2) is 72.3 Å². The van der Waals surface area contributed by atoms with Gasteiger partial charge >= 0.3 is 0 Å². The van der Waals surface area contributed by atoms with Gasteiger partial charge in [0, 0.05) is 12.1 Å². The molecule has 0 spiro atoms. The smallest absolute Gasteiger partial charge is 0.295 e. The Bertz CT molecular complexity index is 1410. The maximum atomic E-state index is 13.5. The van der Waals surface area contributed by atoms with Crippen LogP contribution in [-0.4, -0.2) is 34.4 Å². The Kier molecular flexibility index (Phi) is 7.86. The lowest BCUT2D eigenvalue weighted by atomic mass is 9.92. The first-order valence-corrected chi connectivity index (χ1v) is 13.2. The highest BCUT2D eigenvalue weighted by Crippen LogP contribution is 2.41. The molecule has 6 nitrogen and oxygen atoms in total. The van der Waals surface area contributed by atoms with Crippen molar-refractivity contribution in [1.82, 2.24) is 4.90 Å². The summed E-state index contributed by atoms with van der Waals surface area (Å²) in [5.74, 6) is 0.0261. The van der Waals surface area contributed by atoms with Crippen LogP contribution in [0.2, 0.25) is 0 Å². The first-order valence-electron chi connectivity index (χ1n) is 13.2. The van der Waals surface area contributed by atoms with E-state index in [4.69, 9.17) is 9.47 Å². The van der Waals surface area contributed by atoms with Crippen molar-refractivity contribution >= 4 is 17.4 Å². The molecule has 3 aromatic carbocycles. The summed E-state index contributed by atoms with van der Waals surface area (Å²) in [6, 6.07) is 19.8. The minimum absolute atomic E-state index is 0.0816. The van der Waals surface area contributed by atoms with Crippen molar-refractivity contribution in [3.8, 4) is 11.5 Å². The molecule has 1 unspecified atom stereocenters. The second-order valence-corrected chi connectivity index (χ2v) is 11.3. The number of benzene rings is 3. The first kappa shape index (κ1) is 28.0.